The molecule has 3 rings (SSSR count). The molecule has 0 spiro atoms. The van der Waals surface area contributed by atoms with E-state index in [0.29, 0.717) is 21.8 Å². The lowest BCUT2D eigenvalue weighted by atomic mass is 10.2. The molecule has 1 heterocycles. The van der Waals surface area contributed by atoms with E-state index in [1.807, 2.05) is 24.3 Å². The minimum Gasteiger partial charge on any atom is -0.497 e. The van der Waals surface area contributed by atoms with Crippen LogP contribution < -0.4 is 10.1 Å². The van der Waals surface area contributed by atoms with E-state index in [0.717, 1.165) is 11.3 Å². The highest BCUT2D eigenvalue weighted by molar-refractivity contribution is 8.00. The molecule has 2 aromatic carbocycles. The van der Waals surface area contributed by atoms with Gasteiger partial charge in [0.1, 0.15) is 5.75 Å². The fraction of sp³-hybridized carbons (Fsp3) is 0.167. The van der Waals surface area contributed by atoms with E-state index in [9.17, 15) is 4.79 Å². The molecule has 6 nitrogen and oxygen atoms in total. The van der Waals surface area contributed by atoms with Gasteiger partial charge < -0.3 is 14.5 Å². The number of amides is 1. The number of carbonyl (C=O) groups is 1. The minimum atomic E-state index is -0.435. The van der Waals surface area contributed by atoms with Gasteiger partial charge in [-0.1, -0.05) is 35.5 Å². The Kier molecular flexibility index (Phi) is 5.80. The van der Waals surface area contributed by atoms with Crippen molar-refractivity contribution in [3.8, 4) is 17.2 Å². The number of benzene rings is 2. The maximum Gasteiger partial charge on any atom is 0.277 e. The van der Waals surface area contributed by atoms with Gasteiger partial charge in [0, 0.05) is 5.56 Å². The molecule has 0 saturated heterocycles. The lowest BCUT2D eigenvalue weighted by molar-refractivity contribution is -0.115. The number of methoxy groups -OCH3 is 1. The van der Waals surface area contributed by atoms with Gasteiger partial charge in [-0.25, -0.2) is 0 Å². The van der Waals surface area contributed by atoms with Crippen molar-refractivity contribution in [1.29, 1.82) is 0 Å². The predicted octanol–water partition coefficient (Wildman–Crippen LogP) is 4.52. The third-order valence-corrected chi connectivity index (χ3v) is 4.79. The van der Waals surface area contributed by atoms with Gasteiger partial charge in [-0.05, 0) is 43.3 Å². The first kappa shape index (κ1) is 18.3. The quantitative estimate of drug-likeness (QED) is 0.624. The van der Waals surface area contributed by atoms with Crippen molar-refractivity contribution < 1.29 is 13.9 Å². The third-order valence-electron chi connectivity index (χ3n) is 3.52. The number of nitrogens with one attached hydrogen (secondary N) is 1. The van der Waals surface area contributed by atoms with E-state index >= 15 is 0 Å². The van der Waals surface area contributed by atoms with Crippen molar-refractivity contribution in [2.45, 2.75) is 17.4 Å². The molecule has 0 unspecified atom stereocenters. The van der Waals surface area contributed by atoms with Crippen molar-refractivity contribution in [1.82, 2.24) is 10.2 Å². The third kappa shape index (κ3) is 4.36. The van der Waals surface area contributed by atoms with Gasteiger partial charge in [0.15, 0.2) is 0 Å². The summed E-state index contributed by atoms with van der Waals surface area (Å²) in [7, 11) is 1.60. The summed E-state index contributed by atoms with van der Waals surface area (Å²) >= 11 is 7.23. The molecule has 1 amide bonds. The second-order valence-corrected chi connectivity index (χ2v) is 7.03. The maximum atomic E-state index is 12.3. The van der Waals surface area contributed by atoms with Crippen LogP contribution in [0.3, 0.4) is 0 Å². The van der Waals surface area contributed by atoms with Crippen LogP contribution in [0.15, 0.2) is 58.2 Å². The molecule has 0 aliphatic rings. The molecule has 1 atom stereocenters. The summed E-state index contributed by atoms with van der Waals surface area (Å²) in [5.74, 6) is 0.925. The Morgan fingerprint density at radius 3 is 2.62 bits per heavy atom. The zero-order chi connectivity index (χ0) is 18.5. The van der Waals surface area contributed by atoms with Gasteiger partial charge >= 0.3 is 0 Å². The van der Waals surface area contributed by atoms with Crippen LogP contribution >= 0.6 is 23.4 Å². The van der Waals surface area contributed by atoms with Gasteiger partial charge in [-0.3, -0.25) is 4.79 Å². The molecule has 0 radical (unpaired) electrons. The molecular formula is C18H16ClN3O3S. The van der Waals surface area contributed by atoms with Gasteiger partial charge in [0.2, 0.25) is 11.8 Å². The highest BCUT2D eigenvalue weighted by atomic mass is 35.5. The van der Waals surface area contributed by atoms with E-state index in [1.165, 1.54) is 11.8 Å². The number of aromatic nitrogens is 2. The highest BCUT2D eigenvalue weighted by Crippen LogP contribution is 2.28. The van der Waals surface area contributed by atoms with Gasteiger partial charge in [0.05, 0.1) is 23.1 Å². The van der Waals surface area contributed by atoms with Crippen LogP contribution in [0.4, 0.5) is 5.69 Å². The second kappa shape index (κ2) is 8.25. The molecule has 3 aromatic rings. The first-order valence-electron chi connectivity index (χ1n) is 7.77. The van der Waals surface area contributed by atoms with E-state index in [1.54, 1.807) is 38.3 Å². The Morgan fingerprint density at radius 2 is 1.92 bits per heavy atom. The average molecular weight is 390 g/mol. The van der Waals surface area contributed by atoms with E-state index < -0.39 is 5.25 Å². The summed E-state index contributed by atoms with van der Waals surface area (Å²) in [5.41, 5.74) is 1.34. The van der Waals surface area contributed by atoms with E-state index in [-0.39, 0.29) is 5.91 Å². The number of ether oxygens (including phenoxy) is 1. The predicted molar refractivity (Wildman–Crippen MR) is 102 cm³/mol. The summed E-state index contributed by atoms with van der Waals surface area (Å²) in [6.07, 6.45) is 0. The lowest BCUT2D eigenvalue weighted by Gasteiger charge is -2.10. The fourth-order valence-corrected chi connectivity index (χ4v) is 2.98. The molecular weight excluding hydrogens is 374 g/mol. The second-order valence-electron chi connectivity index (χ2n) is 5.33. The Hall–Kier alpha value is -2.51. The highest BCUT2D eigenvalue weighted by Gasteiger charge is 2.19. The standard InChI is InChI=1S/C18H16ClN3O3S/c1-11(16(23)20-15-6-4-3-5-14(15)19)26-18-22-21-17(25-18)12-7-9-13(24-2)10-8-12/h3-11H,1-2H3,(H,20,23)/t11-/m0/s1. The minimum absolute atomic E-state index is 0.202. The SMILES string of the molecule is COc1ccc(-c2nnc(S[C@@H](C)C(=O)Nc3ccccc3Cl)o2)cc1. The number of hydrogen-bond acceptors (Lipinski definition) is 6. The van der Waals surface area contributed by atoms with Gasteiger partial charge in [-0.15, -0.1) is 10.2 Å². The molecule has 26 heavy (non-hydrogen) atoms. The molecule has 0 saturated carbocycles. The summed E-state index contributed by atoms with van der Waals surface area (Å²) in [6, 6.07) is 14.3. The zero-order valence-electron chi connectivity index (χ0n) is 14.1. The van der Waals surface area contributed by atoms with Crippen LogP contribution in [-0.4, -0.2) is 28.5 Å². The van der Waals surface area contributed by atoms with Crippen LogP contribution in [0.2, 0.25) is 5.02 Å². The maximum absolute atomic E-state index is 12.3. The van der Waals surface area contributed by atoms with Crippen LogP contribution in [0, 0.1) is 0 Å². The normalized spacial score (nSPS) is 11.8. The van der Waals surface area contributed by atoms with Crippen LogP contribution in [0.1, 0.15) is 6.92 Å². The molecule has 0 aliphatic heterocycles. The Morgan fingerprint density at radius 1 is 1.19 bits per heavy atom. The lowest BCUT2D eigenvalue weighted by Crippen LogP contribution is -2.22. The summed E-state index contributed by atoms with van der Waals surface area (Å²) in [6.45, 7) is 1.76. The van der Waals surface area contributed by atoms with Crippen LogP contribution in [0.5, 0.6) is 5.75 Å². The molecule has 134 valence electrons. The molecule has 0 fully saturated rings. The number of para-hydroxylation sites is 1. The Labute approximate surface area is 159 Å². The van der Waals surface area contributed by atoms with Gasteiger partial charge in [-0.2, -0.15) is 0 Å². The van der Waals surface area contributed by atoms with Crippen molar-refractivity contribution in [2.75, 3.05) is 12.4 Å². The molecule has 1 N–H and O–H groups in total. The number of nitrogens with zero attached hydrogens (tertiary/aromatic N) is 2. The number of thioether (sulfide) groups is 1. The number of rotatable bonds is 6. The fourth-order valence-electron chi connectivity index (χ4n) is 2.11. The first-order valence-corrected chi connectivity index (χ1v) is 9.02. The summed E-state index contributed by atoms with van der Waals surface area (Å²) < 4.78 is 10.8. The number of halogens is 1. The van der Waals surface area contributed by atoms with Gasteiger partial charge in [0.25, 0.3) is 5.22 Å². The number of carbonyl (C=O) groups excluding carboxylic acids is 1. The van der Waals surface area contributed by atoms with Crippen molar-refractivity contribution in [2.24, 2.45) is 0 Å². The van der Waals surface area contributed by atoms with E-state index in [4.69, 9.17) is 20.8 Å². The zero-order valence-corrected chi connectivity index (χ0v) is 15.7. The monoisotopic (exact) mass is 389 g/mol. The summed E-state index contributed by atoms with van der Waals surface area (Å²) in [4.78, 5) is 12.3. The van der Waals surface area contributed by atoms with E-state index in [2.05, 4.69) is 15.5 Å². The molecule has 8 heteroatoms. The van der Waals surface area contributed by atoms with Crippen LogP contribution in [-0.2, 0) is 4.79 Å². The first-order chi connectivity index (χ1) is 12.6. The molecule has 0 aliphatic carbocycles. The largest absolute Gasteiger partial charge is 0.497 e. The Balaban J connectivity index is 1.64. The number of hydrogen-bond donors (Lipinski definition) is 1. The van der Waals surface area contributed by atoms with Crippen molar-refractivity contribution in [3.63, 3.8) is 0 Å². The average Bonchev–Trinajstić information content (AvgIpc) is 3.12. The molecule has 0 bridgehead atoms. The summed E-state index contributed by atoms with van der Waals surface area (Å²) in [5, 5.41) is 11.2. The molecule has 1 aromatic heterocycles. The Bertz CT molecular complexity index is 899. The topological polar surface area (TPSA) is 77.2 Å². The smallest absolute Gasteiger partial charge is 0.277 e. The van der Waals surface area contributed by atoms with Crippen molar-refractivity contribution >= 4 is 35.0 Å². The van der Waals surface area contributed by atoms with Crippen LogP contribution in [0.25, 0.3) is 11.5 Å². The van der Waals surface area contributed by atoms with Crippen molar-refractivity contribution in [3.05, 3.63) is 53.6 Å². The number of anilines is 1.